The highest BCUT2D eigenvalue weighted by molar-refractivity contribution is 6.42. The lowest BCUT2D eigenvalue weighted by Gasteiger charge is -2.40. The van der Waals surface area contributed by atoms with Crippen molar-refractivity contribution in [3.05, 3.63) is 80.5 Å². The zero-order valence-corrected chi connectivity index (χ0v) is 20.4. The highest BCUT2D eigenvalue weighted by Crippen LogP contribution is 2.39. The van der Waals surface area contributed by atoms with Crippen molar-refractivity contribution < 1.29 is 9.72 Å². The molecule has 1 saturated heterocycles. The largest absolute Gasteiger partial charge is 0.368 e. The molecule has 9 nitrogen and oxygen atoms in total. The molecule has 3 heterocycles. The van der Waals surface area contributed by atoms with E-state index in [2.05, 4.69) is 15.0 Å². The number of hydrogen-bond acceptors (Lipinski definition) is 6. The number of nitro benzene ring substituents is 1. The standard InChI is InChI=1S/C24H22Cl2N6O3/c1-15-22(23(31-21(28-15)8-9-27-31)16-2-7-19(25)20(26)14-16)24(33)30-12-10-29(11-13-30)17-3-5-18(6-4-17)32(34)35/h2-9,14,22-23H,10-13H2,1H3. The average molecular weight is 513 g/mol. The summed E-state index contributed by atoms with van der Waals surface area (Å²) in [6.45, 7) is 4.17. The van der Waals surface area contributed by atoms with Crippen LogP contribution in [0, 0.1) is 16.0 Å². The molecule has 2 unspecified atom stereocenters. The van der Waals surface area contributed by atoms with E-state index >= 15 is 0 Å². The highest BCUT2D eigenvalue weighted by Gasteiger charge is 2.41. The maximum absolute atomic E-state index is 13.8. The van der Waals surface area contributed by atoms with Crippen LogP contribution < -0.4 is 4.90 Å². The van der Waals surface area contributed by atoms with Crippen molar-refractivity contribution in [2.75, 3.05) is 31.1 Å². The molecule has 2 aliphatic heterocycles. The third kappa shape index (κ3) is 4.37. The number of anilines is 1. The van der Waals surface area contributed by atoms with Gasteiger partial charge >= 0.3 is 0 Å². The van der Waals surface area contributed by atoms with Gasteiger partial charge in [0.1, 0.15) is 5.92 Å². The Balaban J connectivity index is 1.37. The Kier molecular flexibility index (Phi) is 6.21. The monoisotopic (exact) mass is 512 g/mol. The zero-order chi connectivity index (χ0) is 24.7. The van der Waals surface area contributed by atoms with Crippen LogP contribution in [0.5, 0.6) is 0 Å². The number of carbonyl (C=O) groups is 1. The number of nitrogens with zero attached hydrogens (tertiary/aromatic N) is 6. The number of carbonyl (C=O) groups excluding carboxylic acids is 1. The molecule has 0 N–H and O–H groups in total. The number of aliphatic imine (C=N–C) groups is 1. The molecule has 3 aromatic rings. The number of amides is 1. The first-order valence-corrected chi connectivity index (χ1v) is 11.9. The summed E-state index contributed by atoms with van der Waals surface area (Å²) in [7, 11) is 0. The number of fused-ring (bicyclic) bond motifs is 1. The molecule has 1 aromatic heterocycles. The summed E-state index contributed by atoms with van der Waals surface area (Å²) in [5.74, 6) is 0.128. The van der Waals surface area contributed by atoms with Gasteiger partial charge in [0.05, 0.1) is 27.2 Å². The van der Waals surface area contributed by atoms with Crippen molar-refractivity contribution in [1.82, 2.24) is 14.7 Å². The van der Waals surface area contributed by atoms with E-state index < -0.39 is 16.9 Å². The molecular formula is C24H22Cl2N6O3. The van der Waals surface area contributed by atoms with Crippen molar-refractivity contribution >= 4 is 52.0 Å². The maximum atomic E-state index is 13.8. The number of non-ortho nitro benzene ring substituents is 1. The summed E-state index contributed by atoms with van der Waals surface area (Å²) in [6, 6.07) is 13.3. The Bertz CT molecular complexity index is 1320. The minimum atomic E-state index is -0.537. The summed E-state index contributed by atoms with van der Waals surface area (Å²) in [4.78, 5) is 33.0. The van der Waals surface area contributed by atoms with Crippen LogP contribution in [0.2, 0.25) is 10.0 Å². The first-order valence-electron chi connectivity index (χ1n) is 11.2. The minimum Gasteiger partial charge on any atom is -0.368 e. The van der Waals surface area contributed by atoms with Crippen LogP contribution >= 0.6 is 23.2 Å². The van der Waals surface area contributed by atoms with E-state index in [1.54, 1.807) is 35.1 Å². The number of benzene rings is 2. The van der Waals surface area contributed by atoms with Gasteiger partial charge in [-0.2, -0.15) is 5.10 Å². The van der Waals surface area contributed by atoms with Crippen LogP contribution in [-0.4, -0.2) is 57.4 Å². The number of halogens is 2. The molecule has 2 aliphatic rings. The lowest BCUT2D eigenvalue weighted by atomic mass is 9.87. The van der Waals surface area contributed by atoms with E-state index in [1.807, 2.05) is 24.0 Å². The summed E-state index contributed by atoms with van der Waals surface area (Å²) < 4.78 is 1.77. The molecule has 35 heavy (non-hydrogen) atoms. The lowest BCUT2D eigenvalue weighted by molar-refractivity contribution is -0.384. The number of rotatable bonds is 4. The second-order valence-corrected chi connectivity index (χ2v) is 9.38. The van der Waals surface area contributed by atoms with Gasteiger partial charge in [0.25, 0.3) is 5.69 Å². The van der Waals surface area contributed by atoms with Gasteiger partial charge in [0.15, 0.2) is 5.82 Å². The Morgan fingerprint density at radius 1 is 1.03 bits per heavy atom. The lowest BCUT2D eigenvalue weighted by Crippen LogP contribution is -2.53. The predicted molar refractivity (Wildman–Crippen MR) is 135 cm³/mol. The van der Waals surface area contributed by atoms with Crippen molar-refractivity contribution in [2.45, 2.75) is 13.0 Å². The number of hydrogen-bond donors (Lipinski definition) is 0. The van der Waals surface area contributed by atoms with Crippen LogP contribution in [0.15, 0.2) is 59.7 Å². The van der Waals surface area contributed by atoms with Crippen molar-refractivity contribution in [1.29, 1.82) is 0 Å². The van der Waals surface area contributed by atoms with E-state index in [0.717, 1.165) is 17.0 Å². The van der Waals surface area contributed by atoms with Crippen molar-refractivity contribution in [2.24, 2.45) is 10.9 Å². The van der Waals surface area contributed by atoms with Gasteiger partial charge in [-0.1, -0.05) is 29.3 Å². The highest BCUT2D eigenvalue weighted by atomic mass is 35.5. The molecule has 0 radical (unpaired) electrons. The molecule has 0 saturated carbocycles. The first kappa shape index (κ1) is 23.3. The van der Waals surface area contributed by atoms with E-state index in [9.17, 15) is 14.9 Å². The summed E-state index contributed by atoms with van der Waals surface area (Å²) >= 11 is 12.5. The van der Waals surface area contributed by atoms with Crippen LogP contribution in [0.4, 0.5) is 17.2 Å². The molecule has 1 amide bonds. The zero-order valence-electron chi connectivity index (χ0n) is 18.8. The van der Waals surface area contributed by atoms with Gasteiger partial charge in [-0.05, 0) is 36.8 Å². The Hall–Kier alpha value is -3.43. The summed E-state index contributed by atoms with van der Waals surface area (Å²) in [5, 5.41) is 16.2. The number of aromatic nitrogens is 2. The summed E-state index contributed by atoms with van der Waals surface area (Å²) in [6.07, 6.45) is 1.67. The quantitative estimate of drug-likeness (QED) is 0.370. The minimum absolute atomic E-state index is 0.0215. The van der Waals surface area contributed by atoms with Gasteiger partial charge in [-0.25, -0.2) is 9.67 Å². The fourth-order valence-corrected chi connectivity index (χ4v) is 5.05. The van der Waals surface area contributed by atoms with Gasteiger partial charge in [-0.15, -0.1) is 0 Å². The third-order valence-corrected chi connectivity index (χ3v) is 7.28. The van der Waals surface area contributed by atoms with E-state index in [-0.39, 0.29) is 11.6 Å². The van der Waals surface area contributed by atoms with Crippen LogP contribution in [0.3, 0.4) is 0 Å². The van der Waals surface area contributed by atoms with Crippen molar-refractivity contribution in [3.63, 3.8) is 0 Å². The van der Waals surface area contributed by atoms with Gasteiger partial charge < -0.3 is 9.80 Å². The van der Waals surface area contributed by atoms with Crippen LogP contribution in [0.25, 0.3) is 0 Å². The molecule has 0 spiro atoms. The van der Waals surface area contributed by atoms with E-state index in [4.69, 9.17) is 23.2 Å². The molecule has 1 fully saturated rings. The SMILES string of the molecule is CC1=Nc2ccnn2C(c2ccc(Cl)c(Cl)c2)C1C(=O)N1CCN(c2ccc([N+](=O)[O-])cc2)CC1. The molecule has 0 bridgehead atoms. The van der Waals surface area contributed by atoms with E-state index in [0.29, 0.717) is 42.0 Å². The van der Waals surface area contributed by atoms with Crippen LogP contribution in [0.1, 0.15) is 18.5 Å². The topological polar surface area (TPSA) is 96.9 Å². The predicted octanol–water partition coefficient (Wildman–Crippen LogP) is 4.76. The first-order chi connectivity index (χ1) is 16.8. The average Bonchev–Trinajstić information content (AvgIpc) is 3.32. The molecular weight excluding hydrogens is 491 g/mol. The smallest absolute Gasteiger partial charge is 0.269 e. The molecule has 0 aliphatic carbocycles. The molecule has 2 aromatic carbocycles. The number of piperazine rings is 1. The summed E-state index contributed by atoms with van der Waals surface area (Å²) in [5.41, 5.74) is 2.51. The van der Waals surface area contributed by atoms with Gasteiger partial charge in [0.2, 0.25) is 5.91 Å². The van der Waals surface area contributed by atoms with Crippen molar-refractivity contribution in [3.8, 4) is 0 Å². The molecule has 2 atom stereocenters. The van der Waals surface area contributed by atoms with Gasteiger partial charge in [-0.3, -0.25) is 14.9 Å². The third-order valence-electron chi connectivity index (χ3n) is 6.54. The fraction of sp³-hybridized carbons (Fsp3) is 0.292. The normalized spacial score (nSPS) is 19.8. The Labute approximate surface area is 211 Å². The Morgan fingerprint density at radius 3 is 2.40 bits per heavy atom. The maximum Gasteiger partial charge on any atom is 0.269 e. The van der Waals surface area contributed by atoms with Gasteiger partial charge in [0, 0.05) is 55.8 Å². The second kappa shape index (κ2) is 9.31. The van der Waals surface area contributed by atoms with E-state index in [1.165, 1.54) is 12.1 Å². The molecule has 11 heteroatoms. The molecule has 5 rings (SSSR count). The second-order valence-electron chi connectivity index (χ2n) is 8.57. The molecule has 180 valence electrons. The fourth-order valence-electron chi connectivity index (χ4n) is 4.74. The number of nitro groups is 1. The van der Waals surface area contributed by atoms with Crippen LogP contribution in [-0.2, 0) is 4.79 Å². The Morgan fingerprint density at radius 2 is 1.74 bits per heavy atom.